The van der Waals surface area contributed by atoms with Crippen LogP contribution < -0.4 is 5.32 Å². The highest BCUT2D eigenvalue weighted by Crippen LogP contribution is 2.18. The van der Waals surface area contributed by atoms with Gasteiger partial charge in [-0.2, -0.15) is 5.10 Å². The van der Waals surface area contributed by atoms with E-state index in [1.54, 1.807) is 0 Å². The second kappa shape index (κ2) is 4.30. The Labute approximate surface area is 105 Å². The minimum Gasteiger partial charge on any atom is -0.374 e. The number of thiocarbonyl (C=S) groups is 1. The lowest BCUT2D eigenvalue weighted by atomic mass is 10.1. The largest absolute Gasteiger partial charge is 0.374 e. The Morgan fingerprint density at radius 1 is 1.24 bits per heavy atom. The number of aryl methyl sites for hydroxylation is 1. The quantitative estimate of drug-likeness (QED) is 0.778. The molecule has 1 aromatic carbocycles. The Kier molecular flexibility index (Phi) is 2.65. The second-order valence-corrected chi connectivity index (χ2v) is 4.53. The molecule has 86 valence electrons. The summed E-state index contributed by atoms with van der Waals surface area (Å²) in [5.74, 6) is 0. The van der Waals surface area contributed by atoms with Crippen LogP contribution >= 0.6 is 12.2 Å². The summed E-state index contributed by atoms with van der Waals surface area (Å²) in [4.78, 5) is 0.804. The number of rotatable bonds is 1. The first-order valence-electron chi connectivity index (χ1n) is 5.77. The average Bonchev–Trinajstić information content (AvgIpc) is 2.71. The maximum atomic E-state index is 5.42. The van der Waals surface area contributed by atoms with Gasteiger partial charge in [0.1, 0.15) is 10.7 Å². The van der Waals surface area contributed by atoms with Gasteiger partial charge in [-0.3, -0.25) is 0 Å². The Hall–Kier alpha value is -1.68. The van der Waals surface area contributed by atoms with Crippen molar-refractivity contribution in [2.45, 2.75) is 12.8 Å². The highest BCUT2D eigenvalue weighted by molar-refractivity contribution is 7.80. The molecule has 1 aromatic heterocycles. The van der Waals surface area contributed by atoms with Crippen molar-refractivity contribution >= 4 is 17.2 Å². The average molecular weight is 243 g/mol. The third-order valence-corrected chi connectivity index (χ3v) is 3.31. The topological polar surface area (TPSA) is 29.9 Å². The number of fused-ring (bicyclic) bond motifs is 1. The molecule has 17 heavy (non-hydrogen) atoms. The molecular weight excluding hydrogens is 230 g/mol. The van der Waals surface area contributed by atoms with E-state index in [1.807, 2.05) is 41.2 Å². The van der Waals surface area contributed by atoms with E-state index in [-0.39, 0.29) is 0 Å². The Morgan fingerprint density at radius 3 is 2.88 bits per heavy atom. The number of para-hydroxylation sites is 1. The van der Waals surface area contributed by atoms with Gasteiger partial charge in [0.25, 0.3) is 0 Å². The highest BCUT2D eigenvalue weighted by Gasteiger charge is 2.18. The van der Waals surface area contributed by atoms with E-state index in [1.165, 1.54) is 5.56 Å². The Morgan fingerprint density at radius 2 is 2.06 bits per heavy atom. The number of aromatic nitrogens is 2. The number of hydrogen-bond donors (Lipinski definition) is 1. The number of hydrogen-bond acceptors (Lipinski definition) is 2. The summed E-state index contributed by atoms with van der Waals surface area (Å²) < 4.78 is 1.93. The molecule has 2 aromatic rings. The minimum atomic E-state index is 0.804. The summed E-state index contributed by atoms with van der Waals surface area (Å²) >= 11 is 5.42. The molecule has 0 amide bonds. The molecule has 0 aliphatic carbocycles. The summed E-state index contributed by atoms with van der Waals surface area (Å²) in [5, 5.41) is 7.72. The molecule has 1 aliphatic heterocycles. The Balaban J connectivity index is 2.14. The van der Waals surface area contributed by atoms with Gasteiger partial charge in [0.2, 0.25) is 0 Å². The van der Waals surface area contributed by atoms with Crippen molar-refractivity contribution in [1.82, 2.24) is 15.1 Å². The van der Waals surface area contributed by atoms with Gasteiger partial charge in [-0.1, -0.05) is 30.4 Å². The van der Waals surface area contributed by atoms with Crippen molar-refractivity contribution in [3.8, 4) is 5.69 Å². The molecule has 0 radical (unpaired) electrons. The predicted molar refractivity (Wildman–Crippen MR) is 71.6 cm³/mol. The molecule has 0 saturated carbocycles. The maximum absolute atomic E-state index is 5.42. The van der Waals surface area contributed by atoms with Crippen LogP contribution in [0.25, 0.3) is 5.69 Å². The summed E-state index contributed by atoms with van der Waals surface area (Å²) in [5.41, 5.74) is 3.34. The van der Waals surface area contributed by atoms with Crippen molar-refractivity contribution in [3.05, 3.63) is 47.8 Å². The molecule has 0 atom stereocenters. The molecule has 0 bridgehead atoms. The summed E-state index contributed by atoms with van der Waals surface area (Å²) in [6.45, 7) is 0.947. The molecule has 0 spiro atoms. The van der Waals surface area contributed by atoms with E-state index in [2.05, 4.69) is 10.4 Å². The van der Waals surface area contributed by atoms with E-state index in [0.717, 1.165) is 35.8 Å². The zero-order chi connectivity index (χ0) is 11.7. The SMILES string of the molecule is S=C1NCCCc2cnn(-c3ccccc3)c21. The fourth-order valence-electron chi connectivity index (χ4n) is 2.14. The van der Waals surface area contributed by atoms with Crippen molar-refractivity contribution in [2.75, 3.05) is 6.54 Å². The van der Waals surface area contributed by atoms with Gasteiger partial charge >= 0.3 is 0 Å². The summed E-state index contributed by atoms with van der Waals surface area (Å²) in [6, 6.07) is 10.1. The third kappa shape index (κ3) is 1.85. The molecule has 3 rings (SSSR count). The van der Waals surface area contributed by atoms with Crippen LogP contribution in [-0.2, 0) is 6.42 Å². The monoisotopic (exact) mass is 243 g/mol. The lowest BCUT2D eigenvalue weighted by molar-refractivity contribution is 0.791. The van der Waals surface area contributed by atoms with Gasteiger partial charge in [-0.25, -0.2) is 4.68 Å². The molecule has 4 heteroatoms. The van der Waals surface area contributed by atoms with E-state index in [4.69, 9.17) is 12.2 Å². The van der Waals surface area contributed by atoms with Crippen molar-refractivity contribution in [3.63, 3.8) is 0 Å². The van der Waals surface area contributed by atoms with Crippen LogP contribution in [0.15, 0.2) is 36.5 Å². The Bertz CT molecular complexity index is 545. The predicted octanol–water partition coefficient (Wildman–Crippen LogP) is 2.08. The smallest absolute Gasteiger partial charge is 0.125 e. The molecule has 0 saturated heterocycles. The van der Waals surface area contributed by atoms with E-state index in [0.29, 0.717) is 0 Å². The lowest BCUT2D eigenvalue weighted by Gasteiger charge is -2.09. The first kappa shape index (κ1) is 10.5. The maximum Gasteiger partial charge on any atom is 0.125 e. The number of benzene rings is 1. The molecule has 3 nitrogen and oxygen atoms in total. The third-order valence-electron chi connectivity index (χ3n) is 2.97. The van der Waals surface area contributed by atoms with Crippen LogP contribution in [0, 0.1) is 0 Å². The van der Waals surface area contributed by atoms with Gasteiger partial charge in [-0.15, -0.1) is 0 Å². The van der Waals surface area contributed by atoms with Crippen LogP contribution in [0.5, 0.6) is 0 Å². The van der Waals surface area contributed by atoms with Crippen LogP contribution in [0.4, 0.5) is 0 Å². The molecule has 1 N–H and O–H groups in total. The minimum absolute atomic E-state index is 0.804. The summed E-state index contributed by atoms with van der Waals surface area (Å²) in [7, 11) is 0. The van der Waals surface area contributed by atoms with Crippen molar-refractivity contribution in [1.29, 1.82) is 0 Å². The first-order chi connectivity index (χ1) is 8.36. The first-order valence-corrected chi connectivity index (χ1v) is 6.17. The molecule has 0 fully saturated rings. The molecule has 0 unspecified atom stereocenters. The highest BCUT2D eigenvalue weighted by atomic mass is 32.1. The standard InChI is InChI=1S/C13H13N3S/c17-13-12-10(5-4-8-14-13)9-15-16(12)11-6-2-1-3-7-11/h1-3,6-7,9H,4-5,8H2,(H,14,17). The van der Waals surface area contributed by atoms with Crippen LogP contribution in [0.3, 0.4) is 0 Å². The fourth-order valence-corrected chi connectivity index (χ4v) is 2.46. The number of nitrogens with zero attached hydrogens (tertiary/aromatic N) is 2. The number of nitrogens with one attached hydrogen (secondary N) is 1. The lowest BCUT2D eigenvalue weighted by Crippen LogP contribution is -2.24. The second-order valence-electron chi connectivity index (χ2n) is 4.13. The summed E-state index contributed by atoms with van der Waals surface area (Å²) in [6.07, 6.45) is 4.07. The van der Waals surface area contributed by atoms with Gasteiger partial charge in [0.15, 0.2) is 0 Å². The van der Waals surface area contributed by atoms with Gasteiger partial charge in [-0.05, 0) is 25.0 Å². The van der Waals surface area contributed by atoms with Gasteiger partial charge in [0.05, 0.1) is 11.9 Å². The molecule has 2 heterocycles. The van der Waals surface area contributed by atoms with E-state index in [9.17, 15) is 0 Å². The zero-order valence-electron chi connectivity index (χ0n) is 9.39. The van der Waals surface area contributed by atoms with Crippen molar-refractivity contribution < 1.29 is 0 Å². The van der Waals surface area contributed by atoms with Crippen LogP contribution in [-0.4, -0.2) is 21.3 Å². The van der Waals surface area contributed by atoms with Gasteiger partial charge < -0.3 is 5.32 Å². The fraction of sp³-hybridized carbons (Fsp3) is 0.231. The normalized spacial score (nSPS) is 14.9. The zero-order valence-corrected chi connectivity index (χ0v) is 10.2. The van der Waals surface area contributed by atoms with E-state index < -0.39 is 0 Å². The molecule has 1 aliphatic rings. The van der Waals surface area contributed by atoms with Crippen LogP contribution in [0.2, 0.25) is 0 Å². The molecular formula is C13H13N3S. The van der Waals surface area contributed by atoms with Crippen LogP contribution in [0.1, 0.15) is 17.7 Å². The van der Waals surface area contributed by atoms with Crippen molar-refractivity contribution in [2.24, 2.45) is 0 Å². The van der Waals surface area contributed by atoms with E-state index >= 15 is 0 Å². The van der Waals surface area contributed by atoms with Gasteiger partial charge in [0, 0.05) is 12.1 Å².